The Morgan fingerprint density at radius 1 is 1.15 bits per heavy atom. The van der Waals surface area contributed by atoms with Crippen molar-refractivity contribution >= 4 is 27.8 Å². The lowest BCUT2D eigenvalue weighted by Gasteiger charge is -2.02. The average Bonchev–Trinajstić information content (AvgIpc) is 2.39. The van der Waals surface area contributed by atoms with Gasteiger partial charge in [0.2, 0.25) is 0 Å². The predicted molar refractivity (Wildman–Crippen MR) is 75.8 cm³/mol. The highest BCUT2D eigenvalue weighted by Crippen LogP contribution is 2.10. The molecule has 0 aromatic heterocycles. The largest absolute Gasteiger partial charge is 0.276 e. The summed E-state index contributed by atoms with van der Waals surface area (Å²) in [6.07, 6.45) is 1.33. The molecule has 0 heterocycles. The third-order valence-corrected chi connectivity index (χ3v) is 3.83. The number of nitrogens with one attached hydrogen (secondary N) is 1. The first kappa shape index (κ1) is 14.5. The summed E-state index contributed by atoms with van der Waals surface area (Å²) in [5.41, 5.74) is 0.652. The zero-order valence-corrected chi connectivity index (χ0v) is 11.7. The minimum atomic E-state index is -3.80. The molecule has 0 saturated carbocycles. The zero-order valence-electron chi connectivity index (χ0n) is 10.1. The van der Waals surface area contributed by atoms with Crippen LogP contribution in [0.25, 0.3) is 0 Å². The van der Waals surface area contributed by atoms with E-state index in [0.29, 0.717) is 10.6 Å². The Balaban J connectivity index is 2.11. The Hall–Kier alpha value is -1.92. The maximum absolute atomic E-state index is 12.7. The Morgan fingerprint density at radius 2 is 1.85 bits per heavy atom. The molecule has 0 radical (unpaired) electrons. The molecule has 0 unspecified atom stereocenters. The van der Waals surface area contributed by atoms with E-state index in [1.165, 1.54) is 6.21 Å². The van der Waals surface area contributed by atoms with Crippen LogP contribution in [0.3, 0.4) is 0 Å². The van der Waals surface area contributed by atoms with Crippen molar-refractivity contribution in [1.29, 1.82) is 0 Å². The number of rotatable bonds is 4. The molecule has 1 N–H and O–H groups in total. The van der Waals surface area contributed by atoms with Crippen LogP contribution in [0.15, 0.2) is 58.5 Å². The summed E-state index contributed by atoms with van der Waals surface area (Å²) >= 11 is 5.79. The minimum Gasteiger partial charge on any atom is -0.207 e. The van der Waals surface area contributed by atoms with E-state index in [-0.39, 0.29) is 4.90 Å². The van der Waals surface area contributed by atoms with Crippen LogP contribution in [-0.4, -0.2) is 14.6 Å². The van der Waals surface area contributed by atoms with Gasteiger partial charge in [-0.3, -0.25) is 0 Å². The smallest absolute Gasteiger partial charge is 0.207 e. The number of sulfonamides is 1. The van der Waals surface area contributed by atoms with E-state index in [9.17, 15) is 12.8 Å². The number of benzene rings is 2. The molecule has 2 aromatic carbocycles. The molecular weight excluding hydrogens is 303 g/mol. The summed E-state index contributed by atoms with van der Waals surface area (Å²) in [5.74, 6) is -0.508. The van der Waals surface area contributed by atoms with Crippen molar-refractivity contribution in [2.45, 2.75) is 4.90 Å². The van der Waals surface area contributed by atoms with Gasteiger partial charge < -0.3 is 0 Å². The number of hydrogen-bond donors (Lipinski definition) is 1. The quantitative estimate of drug-likeness (QED) is 0.697. The third kappa shape index (κ3) is 3.79. The Labute approximate surface area is 120 Å². The fourth-order valence-corrected chi connectivity index (χ4v) is 2.41. The van der Waals surface area contributed by atoms with Crippen LogP contribution in [0.4, 0.5) is 4.39 Å². The predicted octanol–water partition coefficient (Wildman–Crippen LogP) is 2.79. The summed E-state index contributed by atoms with van der Waals surface area (Å²) in [7, 11) is -3.80. The molecule has 0 spiro atoms. The van der Waals surface area contributed by atoms with Crippen LogP contribution < -0.4 is 4.83 Å². The summed E-state index contributed by atoms with van der Waals surface area (Å²) in [6, 6.07) is 11.2. The van der Waals surface area contributed by atoms with E-state index < -0.39 is 15.8 Å². The number of nitrogens with zero attached hydrogens (tertiary/aromatic N) is 1. The standard InChI is InChI=1S/C13H10ClFN2O2S/c14-11-3-1-2-10(8-11)9-16-17-20(18,19)13-6-4-12(15)5-7-13/h1-9,17H/b16-9+. The number of hydrogen-bond acceptors (Lipinski definition) is 3. The van der Waals surface area contributed by atoms with Gasteiger partial charge >= 0.3 is 0 Å². The van der Waals surface area contributed by atoms with Crippen LogP contribution >= 0.6 is 11.6 Å². The molecule has 0 bridgehead atoms. The highest BCUT2D eigenvalue weighted by atomic mass is 35.5. The molecule has 2 rings (SSSR count). The Morgan fingerprint density at radius 3 is 2.50 bits per heavy atom. The van der Waals surface area contributed by atoms with Crippen LogP contribution in [0.2, 0.25) is 5.02 Å². The monoisotopic (exact) mass is 312 g/mol. The Kier molecular flexibility index (Phi) is 4.36. The first-order valence-electron chi connectivity index (χ1n) is 5.53. The van der Waals surface area contributed by atoms with E-state index >= 15 is 0 Å². The molecular formula is C13H10ClFN2O2S. The van der Waals surface area contributed by atoms with Gasteiger partial charge in [-0.1, -0.05) is 23.7 Å². The van der Waals surface area contributed by atoms with Crippen LogP contribution in [0.5, 0.6) is 0 Å². The van der Waals surface area contributed by atoms with Crippen molar-refractivity contribution in [2.24, 2.45) is 5.10 Å². The lowest BCUT2D eigenvalue weighted by Crippen LogP contribution is -2.18. The van der Waals surface area contributed by atoms with Gasteiger partial charge in [0.1, 0.15) is 5.82 Å². The van der Waals surface area contributed by atoms with Crippen molar-refractivity contribution in [3.8, 4) is 0 Å². The molecule has 7 heteroatoms. The SMILES string of the molecule is O=S(=O)(N/N=C/c1cccc(Cl)c1)c1ccc(F)cc1. The lowest BCUT2D eigenvalue weighted by molar-refractivity contribution is 0.583. The van der Waals surface area contributed by atoms with E-state index in [4.69, 9.17) is 11.6 Å². The summed E-state index contributed by atoms with van der Waals surface area (Å²) in [5, 5.41) is 4.16. The fourth-order valence-electron chi connectivity index (χ4n) is 1.42. The third-order valence-electron chi connectivity index (χ3n) is 2.36. The van der Waals surface area contributed by atoms with Crippen molar-refractivity contribution in [2.75, 3.05) is 0 Å². The van der Waals surface area contributed by atoms with Gasteiger partial charge in [0.15, 0.2) is 0 Å². The molecule has 0 fully saturated rings. The maximum atomic E-state index is 12.7. The van der Waals surface area contributed by atoms with Gasteiger partial charge in [-0.25, -0.2) is 9.22 Å². The lowest BCUT2D eigenvalue weighted by atomic mass is 10.2. The van der Waals surface area contributed by atoms with E-state index in [2.05, 4.69) is 5.10 Å². The molecule has 2 aromatic rings. The molecule has 104 valence electrons. The zero-order chi connectivity index (χ0) is 14.6. The van der Waals surface area contributed by atoms with Crippen molar-refractivity contribution in [1.82, 2.24) is 4.83 Å². The fraction of sp³-hybridized carbons (Fsp3) is 0. The second-order valence-electron chi connectivity index (χ2n) is 3.86. The van der Waals surface area contributed by atoms with Gasteiger partial charge in [-0.05, 0) is 42.0 Å². The van der Waals surface area contributed by atoms with Crippen molar-refractivity contribution in [3.05, 3.63) is 64.9 Å². The van der Waals surface area contributed by atoms with Gasteiger partial charge in [-0.15, -0.1) is 0 Å². The topological polar surface area (TPSA) is 58.5 Å². The van der Waals surface area contributed by atoms with Gasteiger partial charge in [0.05, 0.1) is 11.1 Å². The molecule has 20 heavy (non-hydrogen) atoms. The summed E-state index contributed by atoms with van der Waals surface area (Å²) < 4.78 is 36.4. The number of hydrazone groups is 1. The van der Waals surface area contributed by atoms with E-state index in [1.807, 2.05) is 4.83 Å². The second-order valence-corrected chi connectivity index (χ2v) is 5.96. The normalized spacial score (nSPS) is 11.7. The van der Waals surface area contributed by atoms with Crippen molar-refractivity contribution in [3.63, 3.8) is 0 Å². The molecule has 0 saturated heterocycles. The van der Waals surface area contributed by atoms with E-state index in [0.717, 1.165) is 24.3 Å². The van der Waals surface area contributed by atoms with E-state index in [1.54, 1.807) is 24.3 Å². The van der Waals surface area contributed by atoms with Gasteiger partial charge in [0.25, 0.3) is 10.0 Å². The first-order valence-corrected chi connectivity index (χ1v) is 7.39. The van der Waals surface area contributed by atoms with Crippen molar-refractivity contribution < 1.29 is 12.8 Å². The molecule has 0 aliphatic rings. The van der Waals surface area contributed by atoms with Gasteiger partial charge in [-0.2, -0.15) is 13.5 Å². The average molecular weight is 313 g/mol. The maximum Gasteiger partial charge on any atom is 0.276 e. The second kappa shape index (κ2) is 6.02. The summed E-state index contributed by atoms with van der Waals surface area (Å²) in [6.45, 7) is 0. The first-order chi connectivity index (χ1) is 9.47. The Bertz CT molecular complexity index is 730. The van der Waals surface area contributed by atoms with Crippen LogP contribution in [0.1, 0.15) is 5.56 Å². The van der Waals surface area contributed by atoms with Crippen LogP contribution in [-0.2, 0) is 10.0 Å². The highest BCUT2D eigenvalue weighted by molar-refractivity contribution is 7.89. The molecule has 0 amide bonds. The minimum absolute atomic E-state index is 0.0675. The molecule has 0 aliphatic carbocycles. The molecule has 4 nitrogen and oxygen atoms in total. The van der Waals surface area contributed by atoms with Gasteiger partial charge in [0, 0.05) is 5.02 Å². The number of halogens is 2. The highest BCUT2D eigenvalue weighted by Gasteiger charge is 2.12. The molecule has 0 atom stereocenters. The van der Waals surface area contributed by atoms with Crippen LogP contribution in [0, 0.1) is 5.82 Å². The molecule has 0 aliphatic heterocycles. The summed E-state index contributed by atoms with van der Waals surface area (Å²) in [4.78, 5) is 1.97.